The monoisotopic (exact) mass is 379 g/mol. The van der Waals surface area contributed by atoms with Crippen LogP contribution in [-0.2, 0) is 12.2 Å². The predicted molar refractivity (Wildman–Crippen MR) is 89.4 cm³/mol. The van der Waals surface area contributed by atoms with E-state index in [4.69, 9.17) is 0 Å². The van der Waals surface area contributed by atoms with Crippen molar-refractivity contribution in [3.63, 3.8) is 0 Å². The summed E-state index contributed by atoms with van der Waals surface area (Å²) in [6.45, 7) is 7.49. The summed E-state index contributed by atoms with van der Waals surface area (Å²) >= 11 is 4.26. The van der Waals surface area contributed by atoms with Gasteiger partial charge in [-0.1, -0.05) is 20.8 Å². The lowest BCUT2D eigenvalue weighted by Crippen LogP contribution is -2.10. The van der Waals surface area contributed by atoms with Crippen molar-refractivity contribution in [2.24, 2.45) is 0 Å². The molecule has 1 rings (SSSR count). The van der Waals surface area contributed by atoms with E-state index in [2.05, 4.69) is 58.6 Å². The Morgan fingerprint density at radius 1 is 1.17 bits per heavy atom. The number of thioether (sulfide) groups is 1. The Morgan fingerprint density at radius 3 is 2.56 bits per heavy atom. The fraction of sp³-hybridized carbons (Fsp3) is 0.692. The lowest BCUT2D eigenvalue weighted by Gasteiger charge is -2.11. The molecule has 3 nitrogen and oxygen atoms in total. The summed E-state index contributed by atoms with van der Waals surface area (Å²) in [4.78, 5) is 9.29. The van der Waals surface area contributed by atoms with Crippen LogP contribution >= 0.6 is 34.4 Å². The van der Waals surface area contributed by atoms with E-state index in [1.54, 1.807) is 0 Å². The van der Waals surface area contributed by atoms with Crippen molar-refractivity contribution < 1.29 is 0 Å². The Hall–Kier alpha value is -0.0400. The summed E-state index contributed by atoms with van der Waals surface area (Å²) in [7, 11) is 0. The summed E-state index contributed by atoms with van der Waals surface area (Å²) in [5.74, 6) is 4.06. The third kappa shape index (κ3) is 4.91. The van der Waals surface area contributed by atoms with Crippen molar-refractivity contribution in [2.45, 2.75) is 45.8 Å². The summed E-state index contributed by atoms with van der Waals surface area (Å²) in [6.07, 6.45) is 3.28. The van der Waals surface area contributed by atoms with Gasteiger partial charge in [-0.3, -0.25) is 0 Å². The van der Waals surface area contributed by atoms with Crippen LogP contribution in [0.5, 0.6) is 0 Å². The molecule has 0 fully saturated rings. The van der Waals surface area contributed by atoms with Crippen LogP contribution in [0.15, 0.2) is 0 Å². The standard InChI is InChI=1S/C13H22IN3S/c1-4-7-15-13-12(14)10(6-3)16-11(17-13)9-18-8-5-2/h4-9H2,1-3H3,(H,15,16,17). The molecule has 0 spiro atoms. The van der Waals surface area contributed by atoms with Crippen molar-refractivity contribution in [2.75, 3.05) is 17.6 Å². The SMILES string of the molecule is CCCNc1nc(CSCCC)nc(CC)c1I. The highest BCUT2D eigenvalue weighted by Crippen LogP contribution is 2.21. The molecule has 1 aromatic rings. The number of anilines is 1. The van der Waals surface area contributed by atoms with Crippen LogP contribution in [-0.4, -0.2) is 22.3 Å². The Kier molecular flexibility index (Phi) is 7.97. The van der Waals surface area contributed by atoms with Crippen molar-refractivity contribution in [3.05, 3.63) is 15.1 Å². The highest BCUT2D eigenvalue weighted by molar-refractivity contribution is 14.1. The van der Waals surface area contributed by atoms with Gasteiger partial charge in [-0.05, 0) is 47.6 Å². The first-order valence-electron chi connectivity index (χ1n) is 6.59. The van der Waals surface area contributed by atoms with Gasteiger partial charge in [0, 0.05) is 6.54 Å². The van der Waals surface area contributed by atoms with Gasteiger partial charge in [0.15, 0.2) is 0 Å². The number of halogens is 1. The number of nitrogens with zero attached hydrogens (tertiary/aromatic N) is 2. The van der Waals surface area contributed by atoms with Gasteiger partial charge in [-0.25, -0.2) is 9.97 Å². The van der Waals surface area contributed by atoms with E-state index in [1.807, 2.05) is 11.8 Å². The molecule has 0 amide bonds. The van der Waals surface area contributed by atoms with E-state index in [0.29, 0.717) is 0 Å². The third-order valence-corrected chi connectivity index (χ3v) is 4.72. The van der Waals surface area contributed by atoms with Crippen LogP contribution < -0.4 is 5.32 Å². The van der Waals surface area contributed by atoms with Gasteiger partial charge in [0.1, 0.15) is 11.6 Å². The molecule has 0 saturated carbocycles. The minimum atomic E-state index is 0.915. The second-order valence-electron chi connectivity index (χ2n) is 4.08. The Morgan fingerprint density at radius 2 is 1.94 bits per heavy atom. The average Bonchev–Trinajstić information content (AvgIpc) is 2.39. The second kappa shape index (κ2) is 8.96. The fourth-order valence-electron chi connectivity index (χ4n) is 1.51. The van der Waals surface area contributed by atoms with E-state index in [1.165, 1.54) is 15.7 Å². The summed E-state index contributed by atoms with van der Waals surface area (Å²) in [6, 6.07) is 0. The zero-order valence-corrected chi connectivity index (χ0v) is 14.4. The predicted octanol–water partition coefficient (Wildman–Crippen LogP) is 4.11. The highest BCUT2D eigenvalue weighted by Gasteiger charge is 2.10. The Labute approximate surface area is 128 Å². The van der Waals surface area contributed by atoms with Crippen molar-refractivity contribution >= 4 is 40.2 Å². The van der Waals surface area contributed by atoms with Crippen molar-refractivity contribution in [1.82, 2.24) is 9.97 Å². The number of aryl methyl sites for hydroxylation is 1. The fourth-order valence-corrected chi connectivity index (χ4v) is 3.07. The molecular formula is C13H22IN3S. The lowest BCUT2D eigenvalue weighted by atomic mass is 10.3. The first-order valence-corrected chi connectivity index (χ1v) is 8.83. The molecule has 0 saturated heterocycles. The van der Waals surface area contributed by atoms with Gasteiger partial charge >= 0.3 is 0 Å². The number of rotatable bonds is 8. The minimum absolute atomic E-state index is 0.915. The number of nitrogens with one attached hydrogen (secondary N) is 1. The van der Waals surface area contributed by atoms with Crippen LogP contribution in [0.4, 0.5) is 5.82 Å². The minimum Gasteiger partial charge on any atom is -0.369 e. The second-order valence-corrected chi connectivity index (χ2v) is 6.27. The molecule has 5 heteroatoms. The molecule has 0 atom stereocenters. The highest BCUT2D eigenvalue weighted by atomic mass is 127. The van der Waals surface area contributed by atoms with Crippen LogP contribution in [0, 0.1) is 3.57 Å². The number of hydrogen-bond donors (Lipinski definition) is 1. The molecule has 0 aliphatic heterocycles. The lowest BCUT2D eigenvalue weighted by molar-refractivity contribution is 0.905. The summed E-state index contributed by atoms with van der Waals surface area (Å²) in [5, 5.41) is 3.40. The molecule has 0 aliphatic carbocycles. The molecule has 0 bridgehead atoms. The van der Waals surface area contributed by atoms with Crippen LogP contribution in [0.2, 0.25) is 0 Å². The summed E-state index contributed by atoms with van der Waals surface area (Å²) < 4.78 is 1.17. The van der Waals surface area contributed by atoms with E-state index >= 15 is 0 Å². The quantitative estimate of drug-likeness (QED) is 0.545. The van der Waals surface area contributed by atoms with E-state index in [-0.39, 0.29) is 0 Å². The van der Waals surface area contributed by atoms with Gasteiger partial charge < -0.3 is 5.32 Å². The van der Waals surface area contributed by atoms with Gasteiger partial charge in [0.25, 0.3) is 0 Å². The van der Waals surface area contributed by atoms with Crippen molar-refractivity contribution in [3.8, 4) is 0 Å². The molecule has 1 N–H and O–H groups in total. The molecule has 0 aliphatic rings. The van der Waals surface area contributed by atoms with Gasteiger partial charge in [0.05, 0.1) is 15.0 Å². The maximum Gasteiger partial charge on any atom is 0.143 e. The maximum atomic E-state index is 4.65. The molecule has 1 aromatic heterocycles. The number of aromatic nitrogens is 2. The van der Waals surface area contributed by atoms with Crippen molar-refractivity contribution in [1.29, 1.82) is 0 Å². The summed E-state index contributed by atoms with van der Waals surface area (Å²) in [5.41, 5.74) is 1.16. The first kappa shape index (κ1) is 16.0. The zero-order valence-electron chi connectivity index (χ0n) is 11.4. The van der Waals surface area contributed by atoms with E-state index in [9.17, 15) is 0 Å². The molecule has 0 radical (unpaired) electrons. The topological polar surface area (TPSA) is 37.8 Å². The number of hydrogen-bond acceptors (Lipinski definition) is 4. The zero-order chi connectivity index (χ0) is 13.4. The van der Waals surface area contributed by atoms with Crippen LogP contribution in [0.1, 0.15) is 45.1 Å². The molecular weight excluding hydrogens is 357 g/mol. The van der Waals surface area contributed by atoms with Gasteiger partial charge in [-0.2, -0.15) is 11.8 Å². The third-order valence-electron chi connectivity index (χ3n) is 2.42. The van der Waals surface area contributed by atoms with Crippen LogP contribution in [0.3, 0.4) is 0 Å². The van der Waals surface area contributed by atoms with Gasteiger partial charge in [-0.15, -0.1) is 0 Å². The first-order chi connectivity index (χ1) is 8.72. The molecule has 0 aromatic carbocycles. The molecule has 1 heterocycles. The normalized spacial score (nSPS) is 10.7. The van der Waals surface area contributed by atoms with Crippen LogP contribution in [0.25, 0.3) is 0 Å². The smallest absolute Gasteiger partial charge is 0.143 e. The molecule has 18 heavy (non-hydrogen) atoms. The van der Waals surface area contributed by atoms with Gasteiger partial charge in [0.2, 0.25) is 0 Å². The maximum absolute atomic E-state index is 4.65. The average molecular weight is 379 g/mol. The Bertz CT molecular complexity index is 371. The van der Waals surface area contributed by atoms with E-state index in [0.717, 1.165) is 42.5 Å². The molecule has 0 unspecified atom stereocenters. The molecule has 102 valence electrons. The van der Waals surface area contributed by atoms with E-state index < -0.39 is 0 Å². The Balaban J connectivity index is 2.83. The largest absolute Gasteiger partial charge is 0.369 e.